The molecule has 0 heterocycles. The summed E-state index contributed by atoms with van der Waals surface area (Å²) in [5, 5.41) is 11.3. The maximum absolute atomic E-state index is 12.5. The van der Waals surface area contributed by atoms with Crippen molar-refractivity contribution in [2.24, 2.45) is 0 Å². The van der Waals surface area contributed by atoms with Crippen molar-refractivity contribution in [3.05, 3.63) is 60.0 Å². The average Bonchev–Trinajstić information content (AvgIpc) is 2.51. The van der Waals surface area contributed by atoms with Crippen LogP contribution in [0, 0.1) is 6.92 Å². The molecule has 0 aromatic heterocycles. The van der Waals surface area contributed by atoms with Crippen molar-refractivity contribution in [3.63, 3.8) is 0 Å². The van der Waals surface area contributed by atoms with E-state index in [0.29, 0.717) is 10.7 Å². The molecule has 24 heavy (non-hydrogen) atoms. The Hall–Kier alpha value is -1.17. The van der Waals surface area contributed by atoms with Gasteiger partial charge in [-0.1, -0.05) is 58.0 Å². The minimum atomic E-state index is -1.46. The Kier molecular flexibility index (Phi) is 5.89. The number of carboxylic acids is 1. The van der Waals surface area contributed by atoms with Crippen LogP contribution in [0.3, 0.4) is 0 Å². The van der Waals surface area contributed by atoms with Crippen molar-refractivity contribution in [1.82, 2.24) is 0 Å². The van der Waals surface area contributed by atoms with E-state index in [1.165, 1.54) is 0 Å². The van der Waals surface area contributed by atoms with Gasteiger partial charge >= 0.3 is 5.97 Å². The SMILES string of the molecule is Cc1cc(NC(=O)c2c(Cl)c(Cl)c(Cl)c(Cl)c2C(=O)O)ccc1Cl. The molecule has 0 fully saturated rings. The van der Waals surface area contributed by atoms with Crippen molar-refractivity contribution in [2.45, 2.75) is 6.92 Å². The monoisotopic (exact) mass is 425 g/mol. The van der Waals surface area contributed by atoms with Gasteiger partial charge in [0.15, 0.2) is 0 Å². The molecule has 4 nitrogen and oxygen atoms in total. The lowest BCUT2D eigenvalue weighted by molar-refractivity contribution is 0.0692. The molecule has 9 heteroatoms. The predicted octanol–water partition coefficient (Wildman–Crippen LogP) is 6.21. The number of aromatic carboxylic acids is 1. The van der Waals surface area contributed by atoms with Crippen molar-refractivity contribution in [3.8, 4) is 0 Å². The number of amides is 1. The normalized spacial score (nSPS) is 10.6. The molecule has 2 aromatic carbocycles. The molecular weight excluding hydrogens is 419 g/mol. The van der Waals surface area contributed by atoms with E-state index in [4.69, 9.17) is 58.0 Å². The lowest BCUT2D eigenvalue weighted by Crippen LogP contribution is -2.18. The van der Waals surface area contributed by atoms with Crippen molar-refractivity contribution < 1.29 is 14.7 Å². The molecule has 0 aliphatic heterocycles. The zero-order valence-electron chi connectivity index (χ0n) is 11.9. The van der Waals surface area contributed by atoms with Crippen LogP contribution in [0.5, 0.6) is 0 Å². The fourth-order valence-electron chi connectivity index (χ4n) is 1.96. The second-order valence-corrected chi connectivity index (χ2v) is 6.65. The van der Waals surface area contributed by atoms with Crippen LogP contribution in [-0.4, -0.2) is 17.0 Å². The van der Waals surface area contributed by atoms with E-state index >= 15 is 0 Å². The van der Waals surface area contributed by atoms with E-state index in [-0.39, 0.29) is 25.7 Å². The first-order valence-electron chi connectivity index (χ1n) is 6.31. The average molecular weight is 427 g/mol. The van der Waals surface area contributed by atoms with Gasteiger partial charge in [0.05, 0.1) is 31.2 Å². The highest BCUT2D eigenvalue weighted by atomic mass is 35.5. The molecule has 0 aliphatic carbocycles. The topological polar surface area (TPSA) is 66.4 Å². The van der Waals surface area contributed by atoms with Crippen LogP contribution in [0.1, 0.15) is 26.3 Å². The number of hydrogen-bond acceptors (Lipinski definition) is 2. The van der Waals surface area contributed by atoms with Crippen LogP contribution in [0.15, 0.2) is 18.2 Å². The van der Waals surface area contributed by atoms with Crippen molar-refractivity contribution in [1.29, 1.82) is 0 Å². The molecule has 2 rings (SSSR count). The third-order valence-corrected chi connectivity index (χ3v) is 5.35. The number of halogens is 5. The Labute approximate surface area is 162 Å². The van der Waals surface area contributed by atoms with E-state index in [9.17, 15) is 14.7 Å². The minimum Gasteiger partial charge on any atom is -0.478 e. The van der Waals surface area contributed by atoms with E-state index in [2.05, 4.69) is 5.32 Å². The Morgan fingerprint density at radius 1 is 0.917 bits per heavy atom. The standard InChI is InChI=1S/C15H8Cl5NO3/c1-5-4-6(2-3-7(5)16)21-14(22)8-9(15(23)24)11(18)13(20)12(19)10(8)17/h2-4H,1H3,(H,21,22)(H,23,24). The summed E-state index contributed by atoms with van der Waals surface area (Å²) in [4.78, 5) is 24.0. The summed E-state index contributed by atoms with van der Waals surface area (Å²) >= 11 is 29.6. The third kappa shape index (κ3) is 3.58. The first kappa shape index (κ1) is 19.2. The number of carbonyl (C=O) groups excluding carboxylic acids is 1. The van der Waals surface area contributed by atoms with Crippen molar-refractivity contribution >= 4 is 75.6 Å². The molecule has 1 amide bonds. The fourth-order valence-corrected chi connectivity index (χ4v) is 3.10. The number of nitrogens with one attached hydrogen (secondary N) is 1. The maximum Gasteiger partial charge on any atom is 0.338 e. The summed E-state index contributed by atoms with van der Waals surface area (Å²) < 4.78 is 0. The predicted molar refractivity (Wildman–Crippen MR) is 97.6 cm³/mol. The van der Waals surface area contributed by atoms with Crippen LogP contribution in [0.25, 0.3) is 0 Å². The summed E-state index contributed by atoms with van der Waals surface area (Å²) in [6, 6.07) is 4.77. The van der Waals surface area contributed by atoms with Crippen LogP contribution < -0.4 is 5.32 Å². The highest BCUT2D eigenvalue weighted by Gasteiger charge is 2.28. The second kappa shape index (κ2) is 7.38. The Balaban J connectivity index is 2.56. The number of aryl methyl sites for hydroxylation is 1. The zero-order chi connectivity index (χ0) is 18.2. The molecule has 0 bridgehead atoms. The van der Waals surface area contributed by atoms with Gasteiger partial charge in [-0.2, -0.15) is 0 Å². The first-order valence-corrected chi connectivity index (χ1v) is 8.20. The molecular formula is C15H8Cl5NO3. The molecule has 0 atom stereocenters. The number of benzene rings is 2. The molecule has 0 aliphatic rings. The smallest absolute Gasteiger partial charge is 0.338 e. The van der Waals surface area contributed by atoms with Crippen LogP contribution in [-0.2, 0) is 0 Å². The van der Waals surface area contributed by atoms with E-state index in [1.807, 2.05) is 0 Å². The highest BCUT2D eigenvalue weighted by molar-refractivity contribution is 6.54. The zero-order valence-corrected chi connectivity index (χ0v) is 15.7. The molecule has 0 saturated heterocycles. The Morgan fingerprint density at radius 3 is 1.96 bits per heavy atom. The van der Waals surface area contributed by atoms with E-state index in [1.54, 1.807) is 25.1 Å². The van der Waals surface area contributed by atoms with Crippen LogP contribution >= 0.6 is 58.0 Å². The molecule has 0 radical (unpaired) electrons. The molecule has 126 valence electrons. The van der Waals surface area contributed by atoms with E-state index < -0.39 is 17.4 Å². The summed E-state index contributed by atoms with van der Waals surface area (Å²) in [5.74, 6) is -2.25. The minimum absolute atomic E-state index is 0.203. The number of anilines is 1. The summed E-state index contributed by atoms with van der Waals surface area (Å²) in [7, 11) is 0. The maximum atomic E-state index is 12.5. The molecule has 0 saturated carbocycles. The third-order valence-electron chi connectivity index (χ3n) is 3.12. The van der Waals surface area contributed by atoms with Gasteiger partial charge in [-0.25, -0.2) is 4.79 Å². The van der Waals surface area contributed by atoms with Gasteiger partial charge in [-0.15, -0.1) is 0 Å². The van der Waals surface area contributed by atoms with E-state index in [0.717, 1.165) is 5.56 Å². The van der Waals surface area contributed by atoms with Gasteiger partial charge in [-0.3, -0.25) is 4.79 Å². The van der Waals surface area contributed by atoms with Gasteiger partial charge in [0.2, 0.25) is 0 Å². The number of carbonyl (C=O) groups is 2. The number of carboxylic acid groups (broad SMARTS) is 1. The highest BCUT2D eigenvalue weighted by Crippen LogP contribution is 2.41. The van der Waals surface area contributed by atoms with Gasteiger partial charge in [-0.05, 0) is 30.7 Å². The number of rotatable bonds is 3. The molecule has 0 spiro atoms. The second-order valence-electron chi connectivity index (χ2n) is 4.73. The van der Waals surface area contributed by atoms with Gasteiger partial charge < -0.3 is 10.4 Å². The van der Waals surface area contributed by atoms with Gasteiger partial charge in [0.25, 0.3) is 5.91 Å². The Bertz CT molecular complexity index is 867. The van der Waals surface area contributed by atoms with Gasteiger partial charge in [0.1, 0.15) is 0 Å². The summed E-state index contributed by atoms with van der Waals surface area (Å²) in [6.45, 7) is 1.75. The Morgan fingerprint density at radius 2 is 1.46 bits per heavy atom. The van der Waals surface area contributed by atoms with Crippen LogP contribution in [0.4, 0.5) is 5.69 Å². The van der Waals surface area contributed by atoms with Gasteiger partial charge in [0, 0.05) is 10.7 Å². The largest absolute Gasteiger partial charge is 0.478 e. The first-order chi connectivity index (χ1) is 11.1. The fraction of sp³-hybridized carbons (Fsp3) is 0.0667. The molecule has 2 N–H and O–H groups in total. The van der Waals surface area contributed by atoms with Crippen LogP contribution in [0.2, 0.25) is 25.1 Å². The number of hydrogen-bond donors (Lipinski definition) is 2. The molecule has 2 aromatic rings. The summed E-state index contributed by atoms with van der Waals surface area (Å²) in [6.07, 6.45) is 0. The summed E-state index contributed by atoms with van der Waals surface area (Å²) in [5.41, 5.74) is 0.220. The molecule has 0 unspecified atom stereocenters. The lowest BCUT2D eigenvalue weighted by Gasteiger charge is -2.14. The quantitative estimate of drug-likeness (QED) is 0.452. The lowest BCUT2D eigenvalue weighted by atomic mass is 10.1. The van der Waals surface area contributed by atoms with Crippen molar-refractivity contribution in [2.75, 3.05) is 5.32 Å².